The van der Waals surface area contributed by atoms with E-state index < -0.39 is 0 Å². The zero-order valence-electron chi connectivity index (χ0n) is 12.0. The van der Waals surface area contributed by atoms with Crippen molar-refractivity contribution in [1.82, 2.24) is 4.90 Å². The van der Waals surface area contributed by atoms with Crippen molar-refractivity contribution in [1.29, 1.82) is 0 Å². The number of benzene rings is 1. The second-order valence-electron chi connectivity index (χ2n) is 4.97. The molecule has 1 aromatic rings. The fourth-order valence-electron chi connectivity index (χ4n) is 2.48. The number of nitrogens with zero attached hydrogens (tertiary/aromatic N) is 1. The minimum absolute atomic E-state index is 0.263. The van der Waals surface area contributed by atoms with Crippen molar-refractivity contribution in [2.24, 2.45) is 0 Å². The Morgan fingerprint density at radius 2 is 1.95 bits per heavy atom. The molecule has 0 amide bonds. The summed E-state index contributed by atoms with van der Waals surface area (Å²) in [5.74, 6) is 0.885. The van der Waals surface area contributed by atoms with E-state index in [1.165, 1.54) is 4.90 Å². The van der Waals surface area contributed by atoms with Gasteiger partial charge in [0.05, 0.1) is 39.4 Å². The highest BCUT2D eigenvalue weighted by Gasteiger charge is 2.21. The van der Waals surface area contributed by atoms with Crippen LogP contribution in [0.25, 0.3) is 0 Å². The molecule has 1 aliphatic heterocycles. The Morgan fingerprint density at radius 3 is 2.50 bits per heavy atom. The van der Waals surface area contributed by atoms with E-state index in [9.17, 15) is 0 Å². The van der Waals surface area contributed by atoms with Crippen LogP contribution in [0, 0.1) is 0 Å². The molecule has 2 N–H and O–H groups in total. The molecule has 2 rings (SSSR count). The summed E-state index contributed by atoms with van der Waals surface area (Å²) in [7, 11) is 0. The summed E-state index contributed by atoms with van der Waals surface area (Å²) in [6.45, 7) is 7.76. The zero-order chi connectivity index (χ0) is 14.4. The minimum atomic E-state index is 0.263. The monoisotopic (exact) mass is 295 g/mol. The normalized spacial score (nSPS) is 16.2. The molecule has 0 atom stereocenters. The number of nitrogens with one attached hydrogen (secondary N) is 1. The summed E-state index contributed by atoms with van der Waals surface area (Å²) in [5, 5.41) is 8.97. The van der Waals surface area contributed by atoms with Crippen LogP contribution in [0.3, 0.4) is 0 Å². The van der Waals surface area contributed by atoms with E-state index in [0.717, 1.165) is 49.0 Å². The number of aliphatic hydroxyl groups is 1. The topological polar surface area (TPSA) is 37.1 Å². The van der Waals surface area contributed by atoms with E-state index in [2.05, 4.69) is 4.90 Å². The van der Waals surface area contributed by atoms with Crippen LogP contribution in [0.4, 0.5) is 0 Å². The van der Waals surface area contributed by atoms with Crippen LogP contribution in [-0.2, 0) is 0 Å². The first-order valence-electron chi connectivity index (χ1n) is 7.21. The lowest BCUT2D eigenvalue weighted by Crippen LogP contribution is -3.15. The molecule has 1 fully saturated rings. The molecule has 4 nitrogen and oxygen atoms in total. The third-order valence-electron chi connectivity index (χ3n) is 3.64. The van der Waals surface area contributed by atoms with Gasteiger partial charge in [0.1, 0.15) is 17.3 Å². The zero-order valence-corrected chi connectivity index (χ0v) is 12.8. The Kier molecular flexibility index (Phi) is 5.76. The Morgan fingerprint density at radius 1 is 1.30 bits per heavy atom. The van der Waals surface area contributed by atoms with Gasteiger partial charge in [-0.25, -0.2) is 0 Å². The van der Waals surface area contributed by atoms with Gasteiger partial charge in [-0.1, -0.05) is 12.2 Å². The first-order chi connectivity index (χ1) is 9.74. The lowest BCUT2D eigenvalue weighted by Gasteiger charge is -2.33. The third kappa shape index (κ3) is 3.91. The summed E-state index contributed by atoms with van der Waals surface area (Å²) >= 11 is 5.58. The maximum atomic E-state index is 8.97. The van der Waals surface area contributed by atoms with Crippen LogP contribution in [0.2, 0.25) is 0 Å². The summed E-state index contributed by atoms with van der Waals surface area (Å²) in [6.07, 6.45) is 0. The Balaban J connectivity index is 1.91. The first-order valence-corrected chi connectivity index (χ1v) is 7.62. The highest BCUT2D eigenvalue weighted by Crippen LogP contribution is 2.14. The smallest absolute Gasteiger partial charge is 0.119 e. The van der Waals surface area contributed by atoms with Crippen molar-refractivity contribution in [3.05, 3.63) is 29.8 Å². The molecule has 0 spiro atoms. The number of ether oxygens (including phenoxy) is 1. The SMILES string of the molecule is CCOc1ccc(C(=S)N2CC[NH+](CCO)CC2)cc1. The molecule has 5 heteroatoms. The molecule has 1 saturated heterocycles. The molecule has 1 aromatic carbocycles. The van der Waals surface area contributed by atoms with Crippen molar-refractivity contribution in [3.8, 4) is 5.75 Å². The van der Waals surface area contributed by atoms with Crippen molar-refractivity contribution >= 4 is 17.2 Å². The Hall–Kier alpha value is -1.17. The van der Waals surface area contributed by atoms with Crippen LogP contribution in [-0.4, -0.2) is 60.9 Å². The summed E-state index contributed by atoms with van der Waals surface area (Å²) in [5.41, 5.74) is 1.08. The van der Waals surface area contributed by atoms with Crippen molar-refractivity contribution < 1.29 is 14.7 Å². The van der Waals surface area contributed by atoms with Crippen molar-refractivity contribution in [2.75, 3.05) is 45.9 Å². The summed E-state index contributed by atoms with van der Waals surface area (Å²) in [4.78, 5) is 4.63. The van der Waals surface area contributed by atoms with E-state index in [1.54, 1.807) is 0 Å². The molecular weight excluding hydrogens is 272 g/mol. The van der Waals surface area contributed by atoms with Crippen LogP contribution in [0.1, 0.15) is 12.5 Å². The van der Waals surface area contributed by atoms with Crippen LogP contribution >= 0.6 is 12.2 Å². The van der Waals surface area contributed by atoms with Crippen molar-refractivity contribution in [2.45, 2.75) is 6.92 Å². The maximum absolute atomic E-state index is 8.97. The second kappa shape index (κ2) is 7.57. The number of thiocarbonyl (C=S) groups is 1. The fourth-order valence-corrected chi connectivity index (χ4v) is 2.80. The molecule has 0 bridgehead atoms. The summed E-state index contributed by atoms with van der Waals surface area (Å²) < 4.78 is 5.44. The van der Waals surface area contributed by atoms with E-state index in [-0.39, 0.29) is 6.61 Å². The van der Waals surface area contributed by atoms with Gasteiger partial charge in [0.2, 0.25) is 0 Å². The lowest BCUT2D eigenvalue weighted by atomic mass is 10.2. The molecular formula is C15H23N2O2S+. The highest BCUT2D eigenvalue weighted by atomic mass is 32.1. The van der Waals surface area contributed by atoms with E-state index in [0.29, 0.717) is 6.61 Å². The van der Waals surface area contributed by atoms with E-state index in [4.69, 9.17) is 22.1 Å². The third-order valence-corrected chi connectivity index (χ3v) is 4.13. The molecule has 0 saturated carbocycles. The van der Waals surface area contributed by atoms with Gasteiger partial charge in [-0.05, 0) is 31.2 Å². The Labute approximate surface area is 125 Å². The number of piperazine rings is 1. The molecule has 0 aliphatic carbocycles. The van der Waals surface area contributed by atoms with Gasteiger partial charge in [0.15, 0.2) is 0 Å². The largest absolute Gasteiger partial charge is 0.494 e. The van der Waals surface area contributed by atoms with Gasteiger partial charge in [-0.3, -0.25) is 0 Å². The number of hydrogen-bond donors (Lipinski definition) is 2. The lowest BCUT2D eigenvalue weighted by molar-refractivity contribution is -0.904. The van der Waals surface area contributed by atoms with Gasteiger partial charge >= 0.3 is 0 Å². The van der Waals surface area contributed by atoms with Gasteiger partial charge in [-0.2, -0.15) is 0 Å². The number of aliphatic hydroxyl groups excluding tert-OH is 1. The predicted octanol–water partition coefficient (Wildman–Crippen LogP) is -0.0464. The van der Waals surface area contributed by atoms with E-state index in [1.807, 2.05) is 31.2 Å². The van der Waals surface area contributed by atoms with Crippen molar-refractivity contribution in [3.63, 3.8) is 0 Å². The highest BCUT2D eigenvalue weighted by molar-refractivity contribution is 7.80. The molecule has 0 unspecified atom stereocenters. The van der Waals surface area contributed by atoms with Crippen LogP contribution in [0.5, 0.6) is 5.75 Å². The quantitative estimate of drug-likeness (QED) is 0.747. The second-order valence-corrected chi connectivity index (χ2v) is 5.36. The maximum Gasteiger partial charge on any atom is 0.119 e. The average Bonchev–Trinajstić information content (AvgIpc) is 2.49. The summed E-state index contributed by atoms with van der Waals surface area (Å²) in [6, 6.07) is 8.00. The van der Waals surface area contributed by atoms with Gasteiger partial charge in [0.25, 0.3) is 0 Å². The molecule has 1 aliphatic rings. The minimum Gasteiger partial charge on any atom is -0.494 e. The number of rotatable bonds is 5. The molecule has 0 aromatic heterocycles. The number of quaternary nitrogens is 1. The molecule has 110 valence electrons. The fraction of sp³-hybridized carbons (Fsp3) is 0.533. The van der Waals surface area contributed by atoms with Gasteiger partial charge < -0.3 is 19.6 Å². The average molecular weight is 295 g/mol. The standard InChI is InChI=1S/C15H22N2O2S/c1-2-19-14-5-3-13(4-6-14)15(20)17-9-7-16(8-10-17)11-12-18/h3-6,18H,2,7-12H2,1H3/p+1. The van der Waals surface area contributed by atoms with Crippen LogP contribution in [0.15, 0.2) is 24.3 Å². The van der Waals surface area contributed by atoms with Gasteiger partial charge in [-0.15, -0.1) is 0 Å². The van der Waals surface area contributed by atoms with Gasteiger partial charge in [0, 0.05) is 5.56 Å². The number of hydrogen-bond acceptors (Lipinski definition) is 3. The first kappa shape index (κ1) is 15.2. The van der Waals surface area contributed by atoms with Crippen LogP contribution < -0.4 is 9.64 Å². The molecule has 0 radical (unpaired) electrons. The molecule has 20 heavy (non-hydrogen) atoms. The Bertz CT molecular complexity index is 428. The molecule has 1 heterocycles. The predicted molar refractivity (Wildman–Crippen MR) is 83.5 cm³/mol. The van der Waals surface area contributed by atoms with E-state index >= 15 is 0 Å².